The summed E-state index contributed by atoms with van der Waals surface area (Å²) in [6.07, 6.45) is 8.48. The minimum absolute atomic E-state index is 0.375. The first kappa shape index (κ1) is 25.1. The third-order valence-electron chi connectivity index (χ3n) is 10.3. The minimum Gasteiger partial charge on any atom is -0.208 e. The molecule has 6 aromatic rings. The lowest BCUT2D eigenvalue weighted by molar-refractivity contribution is -0.00518. The molecule has 4 saturated carbocycles. The number of nitrogens with zero attached hydrogens (tertiary/aromatic N) is 4. The van der Waals surface area contributed by atoms with Crippen LogP contribution in [-0.4, -0.2) is 15.0 Å². The Morgan fingerprint density at radius 3 is 1.77 bits per heavy atom. The lowest BCUT2D eigenvalue weighted by Gasteiger charge is -2.57. The summed E-state index contributed by atoms with van der Waals surface area (Å²) in [6.45, 7) is 0. The van der Waals surface area contributed by atoms with Gasteiger partial charge in [0.2, 0.25) is 0 Å². The Hall–Kier alpha value is -4.40. The molecule has 43 heavy (non-hydrogen) atoms. The zero-order valence-electron chi connectivity index (χ0n) is 23.8. The normalized spacial score (nSPS) is 24.0. The third-order valence-corrected chi connectivity index (χ3v) is 11.4. The number of aromatic nitrogens is 3. The second-order valence-corrected chi connectivity index (χ2v) is 14.2. The molecule has 0 spiro atoms. The molecule has 0 unspecified atom stereocenters. The second-order valence-electron chi connectivity index (χ2n) is 13.1. The number of nitriles is 1. The van der Waals surface area contributed by atoms with Crippen LogP contribution in [0.2, 0.25) is 0 Å². The smallest absolute Gasteiger partial charge is 0.164 e. The molecule has 4 aliphatic carbocycles. The number of benzene rings is 4. The Morgan fingerprint density at radius 1 is 0.605 bits per heavy atom. The highest BCUT2D eigenvalue weighted by Gasteiger charge is 2.51. The van der Waals surface area contributed by atoms with Gasteiger partial charge in [-0.2, -0.15) is 5.26 Å². The first-order chi connectivity index (χ1) is 21.1. The fraction of sp³-hybridized carbons (Fsp3) is 0.263. The molecule has 4 aromatic carbocycles. The molecule has 2 heterocycles. The van der Waals surface area contributed by atoms with E-state index < -0.39 is 0 Å². The highest BCUT2D eigenvalue weighted by Crippen LogP contribution is 2.60. The Balaban J connectivity index is 1.13. The highest BCUT2D eigenvalue weighted by molar-refractivity contribution is 7.25. The summed E-state index contributed by atoms with van der Waals surface area (Å²) in [6, 6.07) is 34.0. The summed E-state index contributed by atoms with van der Waals surface area (Å²) in [5, 5.41) is 11.7. The van der Waals surface area contributed by atoms with E-state index in [1.807, 2.05) is 36.4 Å². The van der Waals surface area contributed by atoms with Crippen LogP contribution >= 0.6 is 11.3 Å². The summed E-state index contributed by atoms with van der Waals surface area (Å²) in [7, 11) is 0. The van der Waals surface area contributed by atoms with Crippen LogP contribution in [0, 0.1) is 29.1 Å². The highest BCUT2D eigenvalue weighted by atomic mass is 32.1. The molecule has 0 radical (unpaired) electrons. The minimum atomic E-state index is 0.375. The molecule has 4 nitrogen and oxygen atoms in total. The maximum Gasteiger partial charge on any atom is 0.164 e. The van der Waals surface area contributed by atoms with Crippen molar-refractivity contribution < 1.29 is 0 Å². The average Bonchev–Trinajstić information content (AvgIpc) is 3.41. The summed E-state index contributed by atoms with van der Waals surface area (Å²) in [5.41, 5.74) is 5.54. The number of hydrogen-bond acceptors (Lipinski definition) is 5. The number of hydrogen-bond donors (Lipinski definition) is 0. The van der Waals surface area contributed by atoms with Crippen LogP contribution in [0.4, 0.5) is 0 Å². The van der Waals surface area contributed by atoms with Crippen molar-refractivity contribution in [3.8, 4) is 40.2 Å². The van der Waals surface area contributed by atoms with Gasteiger partial charge in [0.1, 0.15) is 0 Å². The van der Waals surface area contributed by atoms with Crippen LogP contribution in [-0.2, 0) is 5.41 Å². The first-order valence-electron chi connectivity index (χ1n) is 15.4. The van der Waals surface area contributed by atoms with Crippen molar-refractivity contribution in [1.82, 2.24) is 15.0 Å². The lowest BCUT2D eigenvalue weighted by Crippen LogP contribution is -2.48. The molecular weight excluding hydrogens is 545 g/mol. The summed E-state index contributed by atoms with van der Waals surface area (Å²) in [5.74, 6) is 4.84. The van der Waals surface area contributed by atoms with Gasteiger partial charge in [-0.1, -0.05) is 72.8 Å². The molecule has 4 bridgehead atoms. The van der Waals surface area contributed by atoms with Crippen molar-refractivity contribution in [3.05, 3.63) is 102 Å². The molecule has 4 fully saturated rings. The van der Waals surface area contributed by atoms with Crippen molar-refractivity contribution in [2.75, 3.05) is 0 Å². The molecule has 4 aliphatic rings. The molecule has 0 atom stereocenters. The molecule has 0 amide bonds. The quantitative estimate of drug-likeness (QED) is 0.210. The van der Waals surface area contributed by atoms with E-state index in [0.717, 1.165) is 43.8 Å². The van der Waals surface area contributed by atoms with Gasteiger partial charge in [-0.25, -0.2) is 15.0 Å². The van der Waals surface area contributed by atoms with Gasteiger partial charge < -0.3 is 0 Å². The van der Waals surface area contributed by atoms with Crippen LogP contribution in [0.5, 0.6) is 0 Å². The number of fused-ring (bicyclic) bond motifs is 3. The SMILES string of the molecule is N#Cc1ccc2c(c1)sc1cc(-c3nc(-c4ccccc4)nc(-c4ccc(C56CC7CC(CC(C7)C5)C6)cc4)n3)ccc12. The van der Waals surface area contributed by atoms with E-state index >= 15 is 0 Å². The van der Waals surface area contributed by atoms with Gasteiger partial charge in [0, 0.05) is 36.9 Å². The maximum atomic E-state index is 9.37. The van der Waals surface area contributed by atoms with Crippen molar-refractivity contribution >= 4 is 31.5 Å². The van der Waals surface area contributed by atoms with Crippen LogP contribution in [0.3, 0.4) is 0 Å². The number of rotatable bonds is 4. The van der Waals surface area contributed by atoms with Gasteiger partial charge in [0.15, 0.2) is 17.5 Å². The van der Waals surface area contributed by atoms with E-state index in [0.29, 0.717) is 28.5 Å². The van der Waals surface area contributed by atoms with Gasteiger partial charge in [-0.15, -0.1) is 11.3 Å². The van der Waals surface area contributed by atoms with E-state index in [2.05, 4.69) is 60.7 Å². The van der Waals surface area contributed by atoms with Gasteiger partial charge in [-0.05, 0) is 85.5 Å². The maximum absolute atomic E-state index is 9.37. The van der Waals surface area contributed by atoms with Crippen LogP contribution in [0.15, 0.2) is 91.0 Å². The molecule has 208 valence electrons. The van der Waals surface area contributed by atoms with Crippen LogP contribution in [0.1, 0.15) is 49.7 Å². The Morgan fingerprint density at radius 2 is 1.14 bits per heavy atom. The predicted octanol–water partition coefficient (Wildman–Crippen LogP) is 9.58. The van der Waals surface area contributed by atoms with E-state index in [1.54, 1.807) is 11.3 Å². The fourth-order valence-electron chi connectivity index (χ4n) is 8.77. The van der Waals surface area contributed by atoms with Gasteiger partial charge >= 0.3 is 0 Å². The molecule has 0 N–H and O–H groups in total. The van der Waals surface area contributed by atoms with Crippen molar-refractivity contribution in [1.29, 1.82) is 5.26 Å². The largest absolute Gasteiger partial charge is 0.208 e. The van der Waals surface area contributed by atoms with E-state index in [1.165, 1.54) is 54.9 Å². The fourth-order valence-corrected chi connectivity index (χ4v) is 9.96. The molecule has 0 aliphatic heterocycles. The first-order valence-corrected chi connectivity index (χ1v) is 16.2. The zero-order chi connectivity index (χ0) is 28.5. The zero-order valence-corrected chi connectivity index (χ0v) is 24.6. The van der Waals surface area contributed by atoms with Crippen LogP contribution in [0.25, 0.3) is 54.3 Å². The third kappa shape index (κ3) is 4.19. The topological polar surface area (TPSA) is 62.5 Å². The second kappa shape index (κ2) is 9.56. The number of thiophene rings is 1. The summed E-state index contributed by atoms with van der Waals surface area (Å²) < 4.78 is 2.28. The van der Waals surface area contributed by atoms with Crippen molar-refractivity contribution in [2.24, 2.45) is 17.8 Å². The monoisotopic (exact) mass is 574 g/mol. The van der Waals surface area contributed by atoms with E-state index in [9.17, 15) is 5.26 Å². The molecular formula is C38H30N4S. The van der Waals surface area contributed by atoms with Gasteiger partial charge in [-0.3, -0.25) is 0 Å². The van der Waals surface area contributed by atoms with E-state index in [4.69, 9.17) is 15.0 Å². The molecule has 5 heteroatoms. The van der Waals surface area contributed by atoms with E-state index in [-0.39, 0.29) is 0 Å². The van der Waals surface area contributed by atoms with Crippen molar-refractivity contribution in [3.63, 3.8) is 0 Å². The predicted molar refractivity (Wildman–Crippen MR) is 174 cm³/mol. The standard InChI is InChI=1S/C38H30N4S/c39-22-23-6-12-31-32-13-9-29(18-34(32)43-33(31)17-23)37-41-35(27-4-2-1-3-5-27)40-36(42-37)28-7-10-30(11-8-28)38-19-24-14-25(20-38)16-26(15-24)21-38/h1-13,17-18,24-26H,14-16,19-21H2. The lowest BCUT2D eigenvalue weighted by atomic mass is 9.48. The van der Waals surface area contributed by atoms with Gasteiger partial charge in [0.25, 0.3) is 0 Å². The Bertz CT molecular complexity index is 2030. The van der Waals surface area contributed by atoms with Crippen LogP contribution < -0.4 is 0 Å². The van der Waals surface area contributed by atoms with Crippen molar-refractivity contribution in [2.45, 2.75) is 43.9 Å². The average molecular weight is 575 g/mol. The molecule has 2 aromatic heterocycles. The molecule has 0 saturated heterocycles. The Labute approximate surface area is 255 Å². The summed E-state index contributed by atoms with van der Waals surface area (Å²) in [4.78, 5) is 15.0. The Kier molecular flexibility index (Phi) is 5.58. The molecule has 10 rings (SSSR count). The van der Waals surface area contributed by atoms with Gasteiger partial charge in [0.05, 0.1) is 11.6 Å². The summed E-state index contributed by atoms with van der Waals surface area (Å²) >= 11 is 1.70.